The molecule has 0 spiro atoms. The summed E-state index contributed by atoms with van der Waals surface area (Å²) in [4.78, 5) is 0. The molecule has 0 nitrogen and oxygen atoms in total. The second kappa shape index (κ2) is 2.02. The van der Waals surface area contributed by atoms with Crippen molar-refractivity contribution in [3.8, 4) is 0 Å². The Kier molecular flexibility index (Phi) is 1.66. The van der Waals surface area contributed by atoms with Crippen molar-refractivity contribution in [2.45, 2.75) is 26.7 Å². The second-order valence-electron chi connectivity index (χ2n) is 3.37. The van der Waals surface area contributed by atoms with E-state index in [-0.39, 0.29) is 0 Å². The molecule has 0 saturated heterocycles. The van der Waals surface area contributed by atoms with Crippen molar-refractivity contribution in [2.75, 3.05) is 5.33 Å². The van der Waals surface area contributed by atoms with Gasteiger partial charge in [0.1, 0.15) is 0 Å². The third-order valence-corrected chi connectivity index (χ3v) is 2.63. The fraction of sp³-hybridized carbons (Fsp3) is 1.00. The highest BCUT2D eigenvalue weighted by molar-refractivity contribution is 9.09. The minimum absolute atomic E-state index is 0.688. The molecule has 0 heterocycles. The molecule has 0 N–H and O–H groups in total. The number of halogens is 1. The molecular weight excluding hydrogens is 164 g/mol. The molecule has 1 aliphatic carbocycles. The summed E-state index contributed by atoms with van der Waals surface area (Å²) in [7, 11) is 0. The average molecular weight is 177 g/mol. The Bertz CT molecular complexity index is 86.4. The maximum absolute atomic E-state index is 3.44. The predicted octanol–water partition coefficient (Wildman–Crippen LogP) is 2.82. The van der Waals surface area contributed by atoms with Gasteiger partial charge in [-0.3, -0.25) is 0 Å². The Balaban J connectivity index is 2.17. The van der Waals surface area contributed by atoms with Crippen LogP contribution in [-0.4, -0.2) is 5.33 Å². The third-order valence-electron chi connectivity index (χ3n) is 2.18. The zero-order valence-corrected chi connectivity index (χ0v) is 7.16. The number of rotatable bonds is 2. The summed E-state index contributed by atoms with van der Waals surface area (Å²) in [5.41, 5.74) is 0.688. The van der Waals surface area contributed by atoms with Crippen molar-refractivity contribution in [3.63, 3.8) is 0 Å². The minimum atomic E-state index is 0.688. The summed E-state index contributed by atoms with van der Waals surface area (Å²) in [6.45, 7) is 4.70. The van der Waals surface area contributed by atoms with Crippen LogP contribution in [0.1, 0.15) is 26.7 Å². The molecule has 48 valence electrons. The highest BCUT2D eigenvalue weighted by Crippen LogP contribution is 2.53. The SMILES string of the molecule is CC1(C)CC1CCBr. The quantitative estimate of drug-likeness (QED) is 0.569. The maximum Gasteiger partial charge on any atom is 0.00341 e. The van der Waals surface area contributed by atoms with Crippen LogP contribution >= 0.6 is 15.9 Å². The first-order chi connectivity index (χ1) is 3.67. The second-order valence-corrected chi connectivity index (χ2v) is 4.16. The fourth-order valence-corrected chi connectivity index (χ4v) is 1.75. The lowest BCUT2D eigenvalue weighted by Gasteiger charge is -1.97. The van der Waals surface area contributed by atoms with E-state index in [1.807, 2.05) is 0 Å². The summed E-state index contributed by atoms with van der Waals surface area (Å²) in [5, 5.41) is 1.18. The van der Waals surface area contributed by atoms with Gasteiger partial charge in [-0.2, -0.15) is 0 Å². The van der Waals surface area contributed by atoms with Crippen LogP contribution in [0.3, 0.4) is 0 Å². The van der Waals surface area contributed by atoms with Crippen molar-refractivity contribution < 1.29 is 0 Å². The first kappa shape index (κ1) is 6.60. The van der Waals surface area contributed by atoms with E-state index < -0.39 is 0 Å². The standard InChI is InChI=1S/C7H13Br/c1-7(2)5-6(7)3-4-8/h6H,3-5H2,1-2H3. The van der Waals surface area contributed by atoms with E-state index in [0.29, 0.717) is 5.41 Å². The van der Waals surface area contributed by atoms with Crippen LogP contribution in [-0.2, 0) is 0 Å². The highest BCUT2D eigenvalue weighted by Gasteiger charge is 2.44. The van der Waals surface area contributed by atoms with E-state index >= 15 is 0 Å². The van der Waals surface area contributed by atoms with Crippen molar-refractivity contribution in [3.05, 3.63) is 0 Å². The largest absolute Gasteiger partial charge is 0.0928 e. The van der Waals surface area contributed by atoms with Gasteiger partial charge in [0.2, 0.25) is 0 Å². The number of hydrogen-bond acceptors (Lipinski definition) is 0. The summed E-state index contributed by atoms with van der Waals surface area (Å²) in [5.74, 6) is 1.02. The third kappa shape index (κ3) is 1.25. The van der Waals surface area contributed by atoms with Crippen LogP contribution < -0.4 is 0 Å². The molecule has 1 atom stereocenters. The molecule has 0 aromatic carbocycles. The fourth-order valence-electron chi connectivity index (χ4n) is 1.20. The van der Waals surface area contributed by atoms with Crippen LogP contribution in [0.15, 0.2) is 0 Å². The summed E-state index contributed by atoms with van der Waals surface area (Å²) in [6.07, 6.45) is 2.81. The van der Waals surface area contributed by atoms with Gasteiger partial charge in [0.05, 0.1) is 0 Å². The summed E-state index contributed by atoms with van der Waals surface area (Å²) in [6, 6.07) is 0. The first-order valence-corrected chi connectivity index (χ1v) is 4.35. The molecular formula is C7H13Br. The zero-order valence-electron chi connectivity index (χ0n) is 5.58. The van der Waals surface area contributed by atoms with E-state index in [1.165, 1.54) is 18.2 Å². The highest BCUT2D eigenvalue weighted by atomic mass is 79.9. The van der Waals surface area contributed by atoms with Crippen molar-refractivity contribution >= 4 is 15.9 Å². The van der Waals surface area contributed by atoms with Crippen LogP contribution in [0.2, 0.25) is 0 Å². The molecule has 1 fully saturated rings. The van der Waals surface area contributed by atoms with Crippen LogP contribution in [0.25, 0.3) is 0 Å². The van der Waals surface area contributed by atoms with E-state index in [9.17, 15) is 0 Å². The Morgan fingerprint density at radius 3 is 2.25 bits per heavy atom. The van der Waals surface area contributed by atoms with E-state index in [1.54, 1.807) is 0 Å². The molecule has 8 heavy (non-hydrogen) atoms. The van der Waals surface area contributed by atoms with E-state index in [2.05, 4.69) is 29.8 Å². The van der Waals surface area contributed by atoms with Crippen molar-refractivity contribution in [1.82, 2.24) is 0 Å². The van der Waals surface area contributed by atoms with Crippen LogP contribution in [0.4, 0.5) is 0 Å². The van der Waals surface area contributed by atoms with E-state index in [4.69, 9.17) is 0 Å². The Hall–Kier alpha value is 0.480. The van der Waals surface area contributed by atoms with E-state index in [0.717, 1.165) is 5.92 Å². The van der Waals surface area contributed by atoms with Crippen LogP contribution in [0.5, 0.6) is 0 Å². The molecule has 0 aromatic rings. The minimum Gasteiger partial charge on any atom is -0.0928 e. The molecule has 0 bridgehead atoms. The predicted molar refractivity (Wildman–Crippen MR) is 40.3 cm³/mol. The molecule has 0 radical (unpaired) electrons. The average Bonchev–Trinajstić information content (AvgIpc) is 2.15. The Labute approximate surface area is 59.8 Å². The topological polar surface area (TPSA) is 0 Å². The zero-order chi connectivity index (χ0) is 6.20. The van der Waals surface area contributed by atoms with Gasteiger partial charge in [0, 0.05) is 5.33 Å². The lowest BCUT2D eigenvalue weighted by Crippen LogP contribution is -1.89. The van der Waals surface area contributed by atoms with Gasteiger partial charge in [-0.05, 0) is 24.2 Å². The Morgan fingerprint density at radius 2 is 2.12 bits per heavy atom. The van der Waals surface area contributed by atoms with Crippen LogP contribution in [0, 0.1) is 11.3 Å². The molecule has 1 saturated carbocycles. The van der Waals surface area contributed by atoms with Gasteiger partial charge >= 0.3 is 0 Å². The maximum atomic E-state index is 3.44. The van der Waals surface area contributed by atoms with Gasteiger partial charge < -0.3 is 0 Å². The van der Waals surface area contributed by atoms with Gasteiger partial charge in [-0.15, -0.1) is 0 Å². The molecule has 1 rings (SSSR count). The molecule has 0 aromatic heterocycles. The molecule has 1 unspecified atom stereocenters. The normalized spacial score (nSPS) is 32.6. The first-order valence-electron chi connectivity index (χ1n) is 3.23. The van der Waals surface area contributed by atoms with Gasteiger partial charge in [0.25, 0.3) is 0 Å². The lowest BCUT2D eigenvalue weighted by molar-refractivity contribution is 0.552. The van der Waals surface area contributed by atoms with Gasteiger partial charge in [0.15, 0.2) is 0 Å². The molecule has 0 amide bonds. The number of alkyl halides is 1. The smallest absolute Gasteiger partial charge is 0.00341 e. The summed E-state index contributed by atoms with van der Waals surface area (Å²) >= 11 is 3.44. The summed E-state index contributed by atoms with van der Waals surface area (Å²) < 4.78 is 0. The lowest BCUT2D eigenvalue weighted by atomic mass is 10.1. The monoisotopic (exact) mass is 176 g/mol. The van der Waals surface area contributed by atoms with Gasteiger partial charge in [-0.1, -0.05) is 29.8 Å². The van der Waals surface area contributed by atoms with Gasteiger partial charge in [-0.25, -0.2) is 0 Å². The van der Waals surface area contributed by atoms with Crippen molar-refractivity contribution in [1.29, 1.82) is 0 Å². The van der Waals surface area contributed by atoms with Crippen molar-refractivity contribution in [2.24, 2.45) is 11.3 Å². The molecule has 1 heteroatoms. The number of hydrogen-bond donors (Lipinski definition) is 0. The Morgan fingerprint density at radius 1 is 1.62 bits per heavy atom. The molecule has 0 aliphatic heterocycles. The molecule has 1 aliphatic rings.